The lowest BCUT2D eigenvalue weighted by molar-refractivity contribution is -0.116. The van der Waals surface area contributed by atoms with Crippen molar-refractivity contribution in [3.05, 3.63) is 93.8 Å². The molecule has 0 bridgehead atoms. The lowest BCUT2D eigenvalue weighted by atomic mass is 10.0. The number of H-pyrrole nitrogens is 1. The summed E-state index contributed by atoms with van der Waals surface area (Å²) < 4.78 is 1.65. The molecule has 1 N–H and O–H groups in total. The molecule has 7 heteroatoms. The van der Waals surface area contributed by atoms with Crippen molar-refractivity contribution in [2.75, 3.05) is 17.2 Å². The summed E-state index contributed by atoms with van der Waals surface area (Å²) in [5.41, 5.74) is 6.88. The van der Waals surface area contributed by atoms with Gasteiger partial charge in [0.1, 0.15) is 11.0 Å². The molecule has 0 radical (unpaired) electrons. The SMILES string of the molecule is Cc1cccc(-n2c(SCC(=O)N3CCCc4ccccc43)nc3c([nH]c4ccccc43)c2=O)c1C. The Kier molecular flexibility index (Phi) is 5.64. The van der Waals surface area contributed by atoms with Crippen LogP contribution >= 0.6 is 11.8 Å². The highest BCUT2D eigenvalue weighted by Crippen LogP contribution is 2.30. The van der Waals surface area contributed by atoms with Crippen LogP contribution in [0.3, 0.4) is 0 Å². The van der Waals surface area contributed by atoms with Crippen molar-refractivity contribution in [2.45, 2.75) is 31.8 Å². The fraction of sp³-hybridized carbons (Fsp3) is 0.207. The summed E-state index contributed by atoms with van der Waals surface area (Å²) in [7, 11) is 0. The molecule has 0 unspecified atom stereocenters. The van der Waals surface area contributed by atoms with E-state index in [9.17, 15) is 9.59 Å². The number of nitrogens with one attached hydrogen (secondary N) is 1. The van der Waals surface area contributed by atoms with Crippen LogP contribution in [-0.4, -0.2) is 32.7 Å². The average Bonchev–Trinajstić information content (AvgIpc) is 3.28. The summed E-state index contributed by atoms with van der Waals surface area (Å²) in [6.07, 6.45) is 1.93. The fourth-order valence-electron chi connectivity index (χ4n) is 5.03. The van der Waals surface area contributed by atoms with Gasteiger partial charge in [0.05, 0.1) is 11.4 Å². The molecule has 3 aromatic carbocycles. The van der Waals surface area contributed by atoms with Gasteiger partial charge in [-0.15, -0.1) is 0 Å². The molecule has 1 aliphatic heterocycles. The summed E-state index contributed by atoms with van der Waals surface area (Å²) in [6, 6.07) is 21.8. The maximum absolute atomic E-state index is 13.9. The van der Waals surface area contributed by atoms with E-state index in [-0.39, 0.29) is 17.2 Å². The van der Waals surface area contributed by atoms with Gasteiger partial charge in [0.15, 0.2) is 5.16 Å². The third-order valence-electron chi connectivity index (χ3n) is 7.05. The first-order valence-electron chi connectivity index (χ1n) is 12.1. The topological polar surface area (TPSA) is 71.0 Å². The Hall–Kier alpha value is -3.84. The first-order valence-corrected chi connectivity index (χ1v) is 13.1. The predicted octanol–water partition coefficient (Wildman–Crippen LogP) is 5.56. The number of aryl methyl sites for hydroxylation is 2. The first-order chi connectivity index (χ1) is 17.5. The minimum Gasteiger partial charge on any atom is -0.349 e. The van der Waals surface area contributed by atoms with Gasteiger partial charge in [0.2, 0.25) is 5.91 Å². The van der Waals surface area contributed by atoms with Gasteiger partial charge in [-0.3, -0.25) is 14.2 Å². The monoisotopic (exact) mass is 494 g/mol. The number of carbonyl (C=O) groups is 1. The number of aromatic nitrogens is 3. The van der Waals surface area contributed by atoms with Crippen molar-refractivity contribution < 1.29 is 4.79 Å². The van der Waals surface area contributed by atoms with Crippen LogP contribution in [0, 0.1) is 13.8 Å². The number of amides is 1. The van der Waals surface area contributed by atoms with Gasteiger partial charge in [-0.1, -0.05) is 60.3 Å². The van der Waals surface area contributed by atoms with Gasteiger partial charge in [0, 0.05) is 23.1 Å². The maximum Gasteiger partial charge on any atom is 0.283 e. The molecule has 0 fully saturated rings. The van der Waals surface area contributed by atoms with E-state index in [2.05, 4.69) is 11.1 Å². The first kappa shape index (κ1) is 22.6. The van der Waals surface area contributed by atoms with Crippen LogP contribution in [0.25, 0.3) is 27.6 Å². The Labute approximate surface area is 213 Å². The van der Waals surface area contributed by atoms with E-state index in [1.807, 2.05) is 79.4 Å². The van der Waals surface area contributed by atoms with Crippen LogP contribution in [0.5, 0.6) is 0 Å². The van der Waals surface area contributed by atoms with Gasteiger partial charge in [0.25, 0.3) is 5.56 Å². The van der Waals surface area contributed by atoms with E-state index in [4.69, 9.17) is 4.98 Å². The molecule has 6 nitrogen and oxygen atoms in total. The zero-order valence-electron chi connectivity index (χ0n) is 20.2. The third-order valence-corrected chi connectivity index (χ3v) is 7.97. The van der Waals surface area contributed by atoms with Crippen LogP contribution in [0.2, 0.25) is 0 Å². The lowest BCUT2D eigenvalue weighted by Crippen LogP contribution is -2.36. The Bertz CT molecular complexity index is 1700. The molecular formula is C29H26N4O2S. The number of hydrogen-bond donors (Lipinski definition) is 1. The second-order valence-electron chi connectivity index (χ2n) is 9.21. The molecule has 6 rings (SSSR count). The smallest absolute Gasteiger partial charge is 0.283 e. The Morgan fingerprint density at radius 1 is 1.00 bits per heavy atom. The molecule has 180 valence electrons. The van der Waals surface area contributed by atoms with E-state index in [0.717, 1.165) is 46.2 Å². The standard InChI is InChI=1S/C29H26N4O2S/c1-18-9-7-15-23(19(18)2)33-28(35)27-26(21-12-4-5-13-22(21)30-27)31-29(33)36-17-25(34)32-16-8-11-20-10-3-6-14-24(20)32/h3-7,9-10,12-15,30H,8,11,16-17H2,1-2H3. The van der Waals surface area contributed by atoms with Gasteiger partial charge in [-0.2, -0.15) is 0 Å². The predicted molar refractivity (Wildman–Crippen MR) is 147 cm³/mol. The number of nitrogens with zero attached hydrogens (tertiary/aromatic N) is 3. The highest BCUT2D eigenvalue weighted by Gasteiger charge is 2.24. The molecule has 0 atom stereocenters. The fourth-order valence-corrected chi connectivity index (χ4v) is 5.90. The Morgan fingerprint density at radius 2 is 1.78 bits per heavy atom. The van der Waals surface area contributed by atoms with E-state index in [1.54, 1.807) is 4.57 Å². The maximum atomic E-state index is 13.9. The number of thioether (sulfide) groups is 1. The minimum absolute atomic E-state index is 0.0212. The molecule has 0 spiro atoms. The van der Waals surface area contributed by atoms with Crippen LogP contribution < -0.4 is 10.5 Å². The molecule has 1 amide bonds. The van der Waals surface area contributed by atoms with Crippen molar-refractivity contribution in [2.24, 2.45) is 0 Å². The van der Waals surface area contributed by atoms with Gasteiger partial charge in [-0.25, -0.2) is 4.98 Å². The van der Waals surface area contributed by atoms with Gasteiger partial charge < -0.3 is 9.88 Å². The van der Waals surface area contributed by atoms with Crippen LogP contribution in [0.15, 0.2) is 76.7 Å². The molecule has 3 heterocycles. The Morgan fingerprint density at radius 3 is 2.67 bits per heavy atom. The molecular weight excluding hydrogens is 468 g/mol. The summed E-state index contributed by atoms with van der Waals surface area (Å²) >= 11 is 1.32. The van der Waals surface area contributed by atoms with Gasteiger partial charge >= 0.3 is 0 Å². The van der Waals surface area contributed by atoms with E-state index in [1.165, 1.54) is 17.3 Å². The second-order valence-corrected chi connectivity index (χ2v) is 10.2. The lowest BCUT2D eigenvalue weighted by Gasteiger charge is -2.29. The highest BCUT2D eigenvalue weighted by molar-refractivity contribution is 7.99. The van der Waals surface area contributed by atoms with Crippen LogP contribution in [0.1, 0.15) is 23.1 Å². The molecule has 0 aliphatic carbocycles. The number of rotatable bonds is 4. The van der Waals surface area contributed by atoms with Crippen molar-refractivity contribution in [3.8, 4) is 5.69 Å². The summed E-state index contributed by atoms with van der Waals surface area (Å²) in [4.78, 5) is 37.4. The molecule has 0 saturated carbocycles. The van der Waals surface area contributed by atoms with Crippen LogP contribution in [-0.2, 0) is 11.2 Å². The summed E-state index contributed by atoms with van der Waals surface area (Å²) in [5.74, 6) is 0.215. The average molecular weight is 495 g/mol. The minimum atomic E-state index is -0.164. The second kappa shape index (κ2) is 8.99. The molecule has 2 aromatic heterocycles. The number of fused-ring (bicyclic) bond motifs is 4. The number of carbonyl (C=O) groups excluding carboxylic acids is 1. The zero-order chi connectivity index (χ0) is 24.8. The van der Waals surface area contributed by atoms with E-state index in [0.29, 0.717) is 22.7 Å². The largest absolute Gasteiger partial charge is 0.349 e. The summed E-state index contributed by atoms with van der Waals surface area (Å²) in [5, 5.41) is 1.42. The number of hydrogen-bond acceptors (Lipinski definition) is 4. The number of para-hydroxylation sites is 2. The van der Waals surface area contributed by atoms with E-state index < -0.39 is 0 Å². The number of aromatic amines is 1. The van der Waals surface area contributed by atoms with Crippen molar-refractivity contribution in [1.29, 1.82) is 0 Å². The molecule has 1 aliphatic rings. The van der Waals surface area contributed by atoms with Crippen LogP contribution in [0.4, 0.5) is 5.69 Å². The van der Waals surface area contributed by atoms with Gasteiger partial charge in [-0.05, 0) is 61.6 Å². The highest BCUT2D eigenvalue weighted by atomic mass is 32.2. The molecule has 36 heavy (non-hydrogen) atoms. The molecule has 5 aromatic rings. The summed E-state index contributed by atoms with van der Waals surface area (Å²) in [6.45, 7) is 4.74. The normalized spacial score (nSPS) is 13.3. The molecule has 0 saturated heterocycles. The zero-order valence-corrected chi connectivity index (χ0v) is 21.1. The quantitative estimate of drug-likeness (QED) is 0.262. The number of benzene rings is 3. The van der Waals surface area contributed by atoms with E-state index >= 15 is 0 Å². The van der Waals surface area contributed by atoms with Crippen molar-refractivity contribution in [1.82, 2.24) is 14.5 Å². The van der Waals surface area contributed by atoms with Crippen molar-refractivity contribution >= 4 is 45.3 Å². The number of anilines is 1. The van der Waals surface area contributed by atoms with Crippen molar-refractivity contribution in [3.63, 3.8) is 0 Å². The Balaban J connectivity index is 1.45. The third kappa shape index (κ3) is 3.71.